The molecule has 28 heteroatoms. The van der Waals surface area contributed by atoms with Gasteiger partial charge in [-0.05, 0) is 24.5 Å². The van der Waals surface area contributed by atoms with Crippen LogP contribution in [-0.2, 0) is 54.9 Å². The van der Waals surface area contributed by atoms with Crippen molar-refractivity contribution in [3.8, 4) is 0 Å². The third-order valence-corrected chi connectivity index (χ3v) is 5.37. The van der Waals surface area contributed by atoms with Crippen LogP contribution >= 0.6 is 0 Å². The maximum Gasteiger partial charge on any atom is 0.485 e. The van der Waals surface area contributed by atoms with E-state index in [1.54, 1.807) is 6.92 Å². The minimum absolute atomic E-state index is 0. The van der Waals surface area contributed by atoms with Crippen molar-refractivity contribution >= 4 is 36.1 Å². The van der Waals surface area contributed by atoms with Crippen molar-refractivity contribution in [3.05, 3.63) is 54.0 Å². The fraction of sp³-hybridized carbons (Fsp3) is 0.412. The molecule has 1 aliphatic carbocycles. The molecule has 0 heterocycles. The molecule has 1 radical (unpaired) electrons. The Hall–Kier alpha value is -1.83. The number of ketones is 1. The third kappa shape index (κ3) is 26.0. The van der Waals surface area contributed by atoms with Crippen molar-refractivity contribution in [3.63, 3.8) is 0 Å². The Morgan fingerprint density at radius 3 is 1.24 bits per heavy atom. The Morgan fingerprint density at radius 1 is 0.689 bits per heavy atom. The van der Waals surface area contributed by atoms with E-state index in [4.69, 9.17) is 38.9 Å². The predicted molar refractivity (Wildman–Crippen MR) is 134 cm³/mol. The summed E-state index contributed by atoms with van der Waals surface area (Å²) in [4.78, 5) is 11.0. The van der Waals surface area contributed by atoms with Crippen molar-refractivity contribution < 1.29 is 103 Å². The number of hydrogen-bond acceptors (Lipinski definition) is 15. The molecular formula is C17H30F9N5O10OsS3-3. The maximum atomic E-state index is 11.0. The fourth-order valence-electron chi connectivity index (χ4n) is 2.01. The zero-order valence-corrected chi connectivity index (χ0v) is 27.6. The summed E-state index contributed by atoms with van der Waals surface area (Å²) >= 11 is 0. The van der Waals surface area contributed by atoms with Gasteiger partial charge < -0.3 is 49.2 Å². The number of benzene rings is 1. The van der Waals surface area contributed by atoms with Gasteiger partial charge >= 0.3 is 16.5 Å². The van der Waals surface area contributed by atoms with Gasteiger partial charge in [-0.2, -0.15) is 39.5 Å². The Labute approximate surface area is 265 Å². The Bertz CT molecular complexity index is 1230. The standard InChI is InChI=1S/C14H15O.3CHF3O3S.5H3N.Os/c1-11(15)9-10-13-7-4-6-12-5-2-3-8-14(12)13;3*2-1(3,4)8(5,6)7;;;;;;/h2-8,13H,9-10H2,1H3;3*(H,5,6,7);5*1H3;/p-3. The summed E-state index contributed by atoms with van der Waals surface area (Å²) in [6.07, 6.45) is 8.00. The average molecular weight is 922 g/mol. The normalized spacial score (nSPS) is 13.7. The number of carbonyl (C=O) groups is 1. The second-order valence-electron chi connectivity index (χ2n) is 6.73. The molecule has 1 aromatic rings. The monoisotopic (exact) mass is 923 g/mol. The zero-order chi connectivity index (χ0) is 31.7. The molecule has 1 aliphatic rings. The summed E-state index contributed by atoms with van der Waals surface area (Å²) in [5.74, 6) is 0.686. The predicted octanol–water partition coefficient (Wildman–Crippen LogP) is 4.22. The van der Waals surface area contributed by atoms with Gasteiger partial charge in [-0.15, -0.1) is 0 Å². The maximum absolute atomic E-state index is 11.0. The minimum atomic E-state index is -6.09. The number of carbonyl (C=O) groups excluding carboxylic acids is 1. The second kappa shape index (κ2) is 23.5. The van der Waals surface area contributed by atoms with Gasteiger partial charge in [-0.1, -0.05) is 36.4 Å². The average Bonchev–Trinajstić information content (AvgIpc) is 2.69. The van der Waals surface area contributed by atoms with Gasteiger partial charge in [0.05, 0.1) is 0 Å². The van der Waals surface area contributed by atoms with E-state index in [0.717, 1.165) is 6.42 Å². The largest absolute Gasteiger partial charge is 0.741 e. The summed E-state index contributed by atoms with van der Waals surface area (Å²) in [5.41, 5.74) is -14.3. The Balaban J connectivity index is -0.0000000679. The summed E-state index contributed by atoms with van der Waals surface area (Å²) < 4.78 is 177. The van der Waals surface area contributed by atoms with Crippen LogP contribution in [-0.4, -0.2) is 61.2 Å². The topological polar surface area (TPSA) is 364 Å². The van der Waals surface area contributed by atoms with E-state index in [1.165, 1.54) is 11.1 Å². The second-order valence-corrected chi connectivity index (χ2v) is 10.8. The van der Waals surface area contributed by atoms with E-state index >= 15 is 0 Å². The molecule has 1 unspecified atom stereocenters. The molecule has 0 aliphatic heterocycles. The van der Waals surface area contributed by atoms with Gasteiger partial charge in [0.15, 0.2) is 30.4 Å². The fourth-order valence-corrected chi connectivity index (χ4v) is 2.01. The van der Waals surface area contributed by atoms with Crippen LogP contribution in [0.4, 0.5) is 39.5 Å². The van der Waals surface area contributed by atoms with E-state index in [1.807, 2.05) is 0 Å². The molecule has 0 spiro atoms. The number of hydrogen-bond donors (Lipinski definition) is 5. The molecular weight excluding hydrogens is 892 g/mol. The van der Waals surface area contributed by atoms with Crippen LogP contribution in [0, 0.1) is 6.42 Å². The molecule has 0 saturated heterocycles. The summed E-state index contributed by atoms with van der Waals surface area (Å²) in [5, 5.41) is 0. The van der Waals surface area contributed by atoms with Crippen molar-refractivity contribution in [2.75, 3.05) is 0 Å². The molecule has 45 heavy (non-hydrogen) atoms. The van der Waals surface area contributed by atoms with E-state index in [9.17, 15) is 44.3 Å². The number of Topliss-reactive ketones (excluding diaryl/α,β-unsaturated/α-hetero) is 1. The smallest absolute Gasteiger partial charge is 0.485 e. The molecule has 275 valence electrons. The van der Waals surface area contributed by atoms with E-state index in [-0.39, 0.29) is 56.3 Å². The molecule has 0 saturated carbocycles. The van der Waals surface area contributed by atoms with Gasteiger partial charge in [-0.3, -0.25) is 0 Å². The molecule has 0 bridgehead atoms. The molecule has 0 amide bonds. The van der Waals surface area contributed by atoms with E-state index < -0.39 is 46.9 Å². The first-order valence-electron chi connectivity index (χ1n) is 9.18. The van der Waals surface area contributed by atoms with E-state index in [2.05, 4.69) is 42.8 Å². The number of rotatable bonds is 3. The van der Waals surface area contributed by atoms with Crippen molar-refractivity contribution in [2.24, 2.45) is 0 Å². The van der Waals surface area contributed by atoms with Gasteiger partial charge in [-0.25, -0.2) is 25.3 Å². The molecule has 1 aromatic carbocycles. The van der Waals surface area contributed by atoms with Crippen LogP contribution in [0.3, 0.4) is 0 Å². The zero-order valence-electron chi connectivity index (χ0n) is 22.6. The van der Waals surface area contributed by atoms with Crippen molar-refractivity contribution in [1.82, 2.24) is 30.8 Å². The quantitative estimate of drug-likeness (QED) is 0.161. The van der Waals surface area contributed by atoms with Crippen molar-refractivity contribution in [1.29, 1.82) is 0 Å². The first-order chi connectivity index (χ1) is 17.0. The third-order valence-electron chi connectivity index (χ3n) is 3.67. The Morgan fingerprint density at radius 2 is 0.978 bits per heavy atom. The number of halogens is 9. The van der Waals surface area contributed by atoms with E-state index in [0.29, 0.717) is 12.3 Å². The van der Waals surface area contributed by atoms with Crippen LogP contribution in [0.15, 0.2) is 36.4 Å². The van der Waals surface area contributed by atoms with Crippen LogP contribution < -0.4 is 30.8 Å². The number of fused-ring (bicyclic) bond motifs is 1. The first-order valence-corrected chi connectivity index (χ1v) is 13.4. The SMILES string of the molecule is CC(=O)CCC1C=C[CH]c2ccccc21.N.N.N.N.N.O=S(=O)([O-])C(F)(F)F.O=S(=O)([O-])C(F)(F)F.O=S(=O)([O-])C(F)(F)F.[Os]. The van der Waals surface area contributed by atoms with Gasteiger partial charge in [0.25, 0.3) is 0 Å². The minimum Gasteiger partial charge on any atom is -0.741 e. The van der Waals surface area contributed by atoms with Crippen LogP contribution in [0.1, 0.15) is 36.8 Å². The summed E-state index contributed by atoms with van der Waals surface area (Å²) in [6.45, 7) is 1.66. The summed E-state index contributed by atoms with van der Waals surface area (Å²) in [7, 11) is -18.3. The van der Waals surface area contributed by atoms with Gasteiger partial charge in [0.2, 0.25) is 0 Å². The van der Waals surface area contributed by atoms with Gasteiger partial charge in [0, 0.05) is 38.5 Å². The molecule has 2 rings (SSSR count). The molecule has 1 atom stereocenters. The van der Waals surface area contributed by atoms with Crippen LogP contribution in [0.25, 0.3) is 0 Å². The molecule has 15 N–H and O–H groups in total. The van der Waals surface area contributed by atoms with Gasteiger partial charge in [0.1, 0.15) is 5.78 Å². The summed E-state index contributed by atoms with van der Waals surface area (Å²) in [6, 6.07) is 8.39. The first kappa shape index (κ1) is 62.1. The molecule has 0 aromatic heterocycles. The van der Waals surface area contributed by atoms with Crippen LogP contribution in [0.2, 0.25) is 0 Å². The van der Waals surface area contributed by atoms with Crippen LogP contribution in [0.5, 0.6) is 0 Å². The Kier molecular flexibility index (Phi) is 32.4. The number of alkyl halides is 9. The van der Waals surface area contributed by atoms with Crippen molar-refractivity contribution in [2.45, 2.75) is 42.2 Å². The molecule has 15 nitrogen and oxygen atoms in total. The molecule has 0 fully saturated rings. The number of allylic oxidation sites excluding steroid dienone is 2.